The number of nitrogens with one attached hydrogen (secondary N) is 1. The van der Waals surface area contributed by atoms with Crippen molar-refractivity contribution < 1.29 is 9.53 Å². The van der Waals surface area contributed by atoms with Gasteiger partial charge in [-0.05, 0) is 27.7 Å². The van der Waals surface area contributed by atoms with Crippen molar-refractivity contribution in [1.82, 2.24) is 5.32 Å². The highest BCUT2D eigenvalue weighted by Gasteiger charge is 2.38. The van der Waals surface area contributed by atoms with E-state index in [-0.39, 0.29) is 0 Å². The lowest BCUT2D eigenvalue weighted by molar-refractivity contribution is 0.109. The van der Waals surface area contributed by atoms with Crippen LogP contribution in [0.15, 0.2) is 10.2 Å². The molecule has 1 aliphatic heterocycles. The molecule has 5 nitrogen and oxygen atoms in total. The van der Waals surface area contributed by atoms with Gasteiger partial charge in [-0.3, -0.25) is 5.32 Å². The molecule has 1 heterocycles. The van der Waals surface area contributed by atoms with Crippen LogP contribution >= 0.6 is 0 Å². The third-order valence-electron chi connectivity index (χ3n) is 1.49. The average molecular weight is 183 g/mol. The molecule has 5 heteroatoms. The molecule has 1 saturated heterocycles. The van der Waals surface area contributed by atoms with Gasteiger partial charge in [0.1, 0.15) is 0 Å². The quantitative estimate of drug-likeness (QED) is 0.492. The molecular formula is C8H13N3O2. The first-order chi connectivity index (χ1) is 5.92. The van der Waals surface area contributed by atoms with Gasteiger partial charge in [0.2, 0.25) is 0 Å². The highest BCUT2D eigenvalue weighted by Crippen LogP contribution is 2.16. The SMILES string of the molecule is CC(C)=N/N=C1/NC(=O)OC1(C)C. The van der Waals surface area contributed by atoms with Crippen LogP contribution in [0.25, 0.3) is 0 Å². The first kappa shape index (κ1) is 9.70. The van der Waals surface area contributed by atoms with Crippen LogP contribution in [0.3, 0.4) is 0 Å². The number of ether oxygens (including phenoxy) is 1. The highest BCUT2D eigenvalue weighted by atomic mass is 16.6. The minimum atomic E-state index is -0.698. The molecular weight excluding hydrogens is 170 g/mol. The smallest absolute Gasteiger partial charge is 0.413 e. The van der Waals surface area contributed by atoms with Gasteiger partial charge in [0.05, 0.1) is 0 Å². The van der Waals surface area contributed by atoms with Crippen molar-refractivity contribution in [3.05, 3.63) is 0 Å². The number of hydrogen-bond donors (Lipinski definition) is 1. The van der Waals surface area contributed by atoms with Gasteiger partial charge in [-0.15, -0.1) is 5.10 Å². The van der Waals surface area contributed by atoms with E-state index in [2.05, 4.69) is 15.5 Å². The number of amides is 1. The Bertz CT molecular complexity index is 288. The van der Waals surface area contributed by atoms with Crippen LogP contribution < -0.4 is 5.32 Å². The first-order valence-electron chi connectivity index (χ1n) is 4.01. The molecule has 0 atom stereocenters. The topological polar surface area (TPSA) is 63.0 Å². The number of carbonyl (C=O) groups is 1. The minimum absolute atomic E-state index is 0.443. The average Bonchev–Trinajstić information content (AvgIpc) is 2.19. The molecule has 1 N–H and O–H groups in total. The second-order valence-corrected chi connectivity index (χ2v) is 3.52. The van der Waals surface area contributed by atoms with E-state index in [0.717, 1.165) is 5.71 Å². The van der Waals surface area contributed by atoms with E-state index in [1.807, 2.05) is 13.8 Å². The molecule has 0 bridgehead atoms. The predicted octanol–water partition coefficient (Wildman–Crippen LogP) is 1.30. The molecule has 0 radical (unpaired) electrons. The zero-order chi connectivity index (χ0) is 10.1. The van der Waals surface area contributed by atoms with Gasteiger partial charge >= 0.3 is 6.09 Å². The van der Waals surface area contributed by atoms with E-state index in [1.165, 1.54) is 0 Å². The highest BCUT2D eigenvalue weighted by molar-refractivity contribution is 6.05. The third-order valence-corrected chi connectivity index (χ3v) is 1.49. The fourth-order valence-electron chi connectivity index (χ4n) is 0.848. The van der Waals surface area contributed by atoms with E-state index in [4.69, 9.17) is 4.74 Å². The Balaban J connectivity index is 2.87. The number of amidine groups is 1. The van der Waals surface area contributed by atoms with E-state index in [1.54, 1.807) is 13.8 Å². The van der Waals surface area contributed by atoms with Gasteiger partial charge in [0.25, 0.3) is 0 Å². The van der Waals surface area contributed by atoms with Crippen LogP contribution in [-0.4, -0.2) is 23.2 Å². The van der Waals surface area contributed by atoms with Crippen molar-refractivity contribution in [2.45, 2.75) is 33.3 Å². The minimum Gasteiger partial charge on any atom is -0.435 e. The Morgan fingerprint density at radius 2 is 2.08 bits per heavy atom. The van der Waals surface area contributed by atoms with Crippen LogP contribution in [-0.2, 0) is 4.74 Å². The maximum absolute atomic E-state index is 10.9. The summed E-state index contributed by atoms with van der Waals surface area (Å²) >= 11 is 0. The predicted molar refractivity (Wildman–Crippen MR) is 49.9 cm³/mol. The summed E-state index contributed by atoms with van der Waals surface area (Å²) in [6.45, 7) is 7.16. The summed E-state index contributed by atoms with van der Waals surface area (Å²) in [5.74, 6) is 0.443. The van der Waals surface area contributed by atoms with Crippen LogP contribution in [0.4, 0.5) is 4.79 Å². The molecule has 72 valence electrons. The van der Waals surface area contributed by atoms with Crippen LogP contribution in [0.1, 0.15) is 27.7 Å². The van der Waals surface area contributed by atoms with Gasteiger partial charge in [0.15, 0.2) is 11.4 Å². The number of cyclic esters (lactones) is 1. The van der Waals surface area contributed by atoms with E-state index in [9.17, 15) is 4.79 Å². The van der Waals surface area contributed by atoms with Gasteiger partial charge in [-0.2, -0.15) is 5.10 Å². The zero-order valence-corrected chi connectivity index (χ0v) is 8.21. The van der Waals surface area contributed by atoms with Crippen LogP contribution in [0.5, 0.6) is 0 Å². The normalized spacial score (nSPS) is 22.5. The summed E-state index contributed by atoms with van der Waals surface area (Å²) in [7, 11) is 0. The Morgan fingerprint density at radius 3 is 2.46 bits per heavy atom. The molecule has 13 heavy (non-hydrogen) atoms. The zero-order valence-electron chi connectivity index (χ0n) is 8.21. The Morgan fingerprint density at radius 1 is 1.46 bits per heavy atom. The van der Waals surface area contributed by atoms with Crippen molar-refractivity contribution in [2.75, 3.05) is 0 Å². The monoisotopic (exact) mass is 183 g/mol. The summed E-state index contributed by atoms with van der Waals surface area (Å²) in [6.07, 6.45) is -0.479. The molecule has 1 amide bonds. The van der Waals surface area contributed by atoms with Crippen molar-refractivity contribution in [1.29, 1.82) is 0 Å². The summed E-state index contributed by atoms with van der Waals surface area (Å²) in [5.41, 5.74) is 0.125. The number of rotatable bonds is 1. The molecule has 0 spiro atoms. The molecule has 1 rings (SSSR count). The first-order valence-corrected chi connectivity index (χ1v) is 4.01. The van der Waals surface area contributed by atoms with Crippen molar-refractivity contribution in [2.24, 2.45) is 10.2 Å². The molecule has 0 aromatic carbocycles. The van der Waals surface area contributed by atoms with E-state index in [0.29, 0.717) is 5.84 Å². The largest absolute Gasteiger partial charge is 0.435 e. The molecule has 0 saturated carbocycles. The number of nitrogens with zero attached hydrogens (tertiary/aromatic N) is 2. The van der Waals surface area contributed by atoms with Gasteiger partial charge in [-0.25, -0.2) is 4.79 Å². The summed E-state index contributed by atoms with van der Waals surface area (Å²) in [5, 5.41) is 10.2. The van der Waals surface area contributed by atoms with Crippen LogP contribution in [0.2, 0.25) is 0 Å². The maximum Gasteiger partial charge on any atom is 0.413 e. The number of hydrogen-bond acceptors (Lipinski definition) is 4. The molecule has 0 unspecified atom stereocenters. The van der Waals surface area contributed by atoms with Crippen LogP contribution in [0, 0.1) is 0 Å². The summed E-state index contributed by atoms with van der Waals surface area (Å²) < 4.78 is 4.94. The molecule has 1 fully saturated rings. The molecule has 0 aromatic rings. The standard InChI is InChI=1S/C8H13N3O2/c1-5(2)10-11-6-8(3,4)13-7(12)9-6/h1-4H3,(H,9,11,12). The lowest BCUT2D eigenvalue weighted by Crippen LogP contribution is -2.32. The van der Waals surface area contributed by atoms with Gasteiger partial charge in [0, 0.05) is 5.71 Å². The Kier molecular flexibility index (Phi) is 2.36. The van der Waals surface area contributed by atoms with E-state index < -0.39 is 11.7 Å². The summed E-state index contributed by atoms with van der Waals surface area (Å²) in [4.78, 5) is 10.9. The van der Waals surface area contributed by atoms with Crippen molar-refractivity contribution in [3.63, 3.8) is 0 Å². The fourth-order valence-corrected chi connectivity index (χ4v) is 0.848. The number of alkyl carbamates (subject to hydrolysis) is 1. The molecule has 0 aromatic heterocycles. The number of carbonyl (C=O) groups excluding carboxylic acids is 1. The second-order valence-electron chi connectivity index (χ2n) is 3.52. The fraction of sp³-hybridized carbons (Fsp3) is 0.625. The van der Waals surface area contributed by atoms with Crippen molar-refractivity contribution in [3.8, 4) is 0 Å². The van der Waals surface area contributed by atoms with Gasteiger partial charge < -0.3 is 4.74 Å². The lowest BCUT2D eigenvalue weighted by atomic mass is 10.1. The molecule has 1 aliphatic rings. The lowest BCUT2D eigenvalue weighted by Gasteiger charge is -2.13. The Hall–Kier alpha value is -1.39. The maximum atomic E-state index is 10.9. The summed E-state index contributed by atoms with van der Waals surface area (Å²) in [6, 6.07) is 0. The second kappa shape index (κ2) is 3.16. The Labute approximate surface area is 76.9 Å². The third kappa shape index (κ3) is 2.27. The van der Waals surface area contributed by atoms with E-state index >= 15 is 0 Å². The van der Waals surface area contributed by atoms with Gasteiger partial charge in [-0.1, -0.05) is 0 Å². The van der Waals surface area contributed by atoms with Crippen molar-refractivity contribution >= 4 is 17.6 Å². The molecule has 0 aliphatic carbocycles.